The number of rotatable bonds is 6. The van der Waals surface area contributed by atoms with Crippen LogP contribution < -0.4 is 0 Å². The average Bonchev–Trinajstić information content (AvgIpc) is 2.25. The number of hydrogen-bond donors (Lipinski definition) is 2. The summed E-state index contributed by atoms with van der Waals surface area (Å²) in [5.41, 5.74) is -1.02. The number of carbonyl (C=O) groups is 1. The summed E-state index contributed by atoms with van der Waals surface area (Å²) in [7, 11) is -4.55. The first-order chi connectivity index (χ1) is 7.98. The van der Waals surface area contributed by atoms with E-state index < -0.39 is 13.1 Å². The van der Waals surface area contributed by atoms with Gasteiger partial charge in [0.15, 0.2) is 0 Å². The molecular weight excluding hydrogens is 239 g/mol. The highest BCUT2D eigenvalue weighted by atomic mass is 31.2. The molecule has 2 N–H and O–H groups in total. The lowest BCUT2D eigenvalue weighted by Crippen LogP contribution is -1.97. The summed E-state index contributed by atoms with van der Waals surface area (Å²) < 4.78 is 10.5. The second-order valence-electron chi connectivity index (χ2n) is 3.50. The van der Waals surface area contributed by atoms with Crippen LogP contribution >= 0.6 is 7.60 Å². The van der Waals surface area contributed by atoms with Crippen LogP contribution in [0.4, 0.5) is 0 Å². The zero-order valence-corrected chi connectivity index (χ0v) is 10.8. The fraction of sp³-hybridized carbons (Fsp3) is 0.583. The maximum Gasteiger partial charge on any atom is 0.391 e. The molecular formula is C12H17O4P. The van der Waals surface area contributed by atoms with Crippen molar-refractivity contribution in [2.45, 2.75) is 45.4 Å². The van der Waals surface area contributed by atoms with Crippen LogP contribution in [0.15, 0.2) is 0 Å². The highest BCUT2D eigenvalue weighted by Crippen LogP contribution is 2.37. The third-order valence-corrected chi connectivity index (χ3v) is 2.79. The Bertz CT molecular complexity index is 400. The molecule has 0 saturated heterocycles. The SMILES string of the molecule is CCCCC#CC#CCCCC(=O)P(=O)(O)O. The van der Waals surface area contributed by atoms with Crippen molar-refractivity contribution < 1.29 is 19.1 Å². The van der Waals surface area contributed by atoms with Gasteiger partial charge in [-0.25, -0.2) is 0 Å². The smallest absolute Gasteiger partial charge is 0.319 e. The molecule has 94 valence electrons. The van der Waals surface area contributed by atoms with E-state index in [2.05, 4.69) is 30.6 Å². The first-order valence-corrected chi connectivity index (χ1v) is 7.14. The van der Waals surface area contributed by atoms with Crippen LogP contribution in [0.3, 0.4) is 0 Å². The molecule has 0 fully saturated rings. The summed E-state index contributed by atoms with van der Waals surface area (Å²) in [6.07, 6.45) is 3.64. The van der Waals surface area contributed by atoms with E-state index in [4.69, 9.17) is 9.79 Å². The number of carbonyl (C=O) groups excluding carboxylic acids is 1. The highest BCUT2D eigenvalue weighted by molar-refractivity contribution is 7.70. The third kappa shape index (κ3) is 9.85. The standard InChI is InChI=1S/C12H17O4P/c1-2-3-4-5-6-7-8-9-10-11-12(13)17(14,15)16/h2-4,9-11H2,1H3,(H2,14,15,16). The molecule has 0 aliphatic heterocycles. The molecule has 0 aromatic rings. The fourth-order valence-electron chi connectivity index (χ4n) is 0.952. The van der Waals surface area contributed by atoms with Gasteiger partial charge in [-0.15, -0.1) is 0 Å². The molecule has 0 heterocycles. The lowest BCUT2D eigenvalue weighted by Gasteiger charge is -1.99. The second-order valence-corrected chi connectivity index (χ2v) is 5.09. The van der Waals surface area contributed by atoms with Gasteiger partial charge >= 0.3 is 7.60 Å². The monoisotopic (exact) mass is 256 g/mol. The summed E-state index contributed by atoms with van der Waals surface area (Å²) in [6, 6.07) is 0. The predicted octanol–water partition coefficient (Wildman–Crippen LogP) is 2.06. The molecule has 0 saturated carbocycles. The molecule has 0 spiro atoms. The van der Waals surface area contributed by atoms with Gasteiger partial charge in [-0.1, -0.05) is 25.2 Å². The topological polar surface area (TPSA) is 74.6 Å². The van der Waals surface area contributed by atoms with E-state index in [1.165, 1.54) is 0 Å². The van der Waals surface area contributed by atoms with Crippen LogP contribution in [-0.2, 0) is 9.36 Å². The van der Waals surface area contributed by atoms with Gasteiger partial charge in [0.25, 0.3) is 0 Å². The van der Waals surface area contributed by atoms with Crippen molar-refractivity contribution in [3.05, 3.63) is 0 Å². The van der Waals surface area contributed by atoms with Crippen LogP contribution in [0.1, 0.15) is 45.4 Å². The van der Waals surface area contributed by atoms with Crippen LogP contribution in [0.2, 0.25) is 0 Å². The molecule has 17 heavy (non-hydrogen) atoms. The summed E-state index contributed by atoms with van der Waals surface area (Å²) in [5.74, 6) is 11.0. The van der Waals surface area contributed by atoms with E-state index >= 15 is 0 Å². The Kier molecular flexibility index (Phi) is 8.46. The van der Waals surface area contributed by atoms with Gasteiger partial charge in [0.05, 0.1) is 0 Å². The maximum atomic E-state index is 10.8. The van der Waals surface area contributed by atoms with Crippen molar-refractivity contribution in [3.63, 3.8) is 0 Å². The minimum absolute atomic E-state index is 0.137. The summed E-state index contributed by atoms with van der Waals surface area (Å²) in [4.78, 5) is 27.9. The Morgan fingerprint density at radius 3 is 2.12 bits per heavy atom. The molecule has 0 unspecified atom stereocenters. The molecule has 0 aliphatic carbocycles. The van der Waals surface area contributed by atoms with Crippen LogP contribution in [-0.4, -0.2) is 15.3 Å². The molecule has 5 heteroatoms. The Morgan fingerprint density at radius 1 is 1.12 bits per heavy atom. The van der Waals surface area contributed by atoms with E-state index in [1.807, 2.05) is 0 Å². The van der Waals surface area contributed by atoms with Gasteiger partial charge in [-0.05, 0) is 24.7 Å². The van der Waals surface area contributed by atoms with Gasteiger partial charge in [0.1, 0.15) is 0 Å². The van der Waals surface area contributed by atoms with Gasteiger partial charge in [-0.2, -0.15) is 0 Å². The van der Waals surface area contributed by atoms with Crippen LogP contribution in [0.5, 0.6) is 0 Å². The van der Waals surface area contributed by atoms with E-state index in [-0.39, 0.29) is 6.42 Å². The summed E-state index contributed by atoms with van der Waals surface area (Å²) in [5, 5.41) is 0. The molecule has 0 aliphatic rings. The van der Waals surface area contributed by atoms with Crippen molar-refractivity contribution >= 4 is 13.1 Å². The van der Waals surface area contributed by atoms with Crippen molar-refractivity contribution in [1.82, 2.24) is 0 Å². The largest absolute Gasteiger partial charge is 0.391 e. The van der Waals surface area contributed by atoms with E-state index in [0.29, 0.717) is 12.8 Å². The maximum absolute atomic E-state index is 10.8. The molecule has 0 bridgehead atoms. The minimum Gasteiger partial charge on any atom is -0.319 e. The Labute approximate surface area is 102 Å². The lowest BCUT2D eigenvalue weighted by molar-refractivity contribution is -0.113. The van der Waals surface area contributed by atoms with Gasteiger partial charge in [-0.3, -0.25) is 9.36 Å². The Balaban J connectivity index is 3.71. The zero-order chi connectivity index (χ0) is 13.1. The van der Waals surface area contributed by atoms with Crippen molar-refractivity contribution in [3.8, 4) is 23.7 Å². The molecule has 0 aromatic carbocycles. The van der Waals surface area contributed by atoms with Crippen molar-refractivity contribution in [2.24, 2.45) is 0 Å². The second kappa shape index (κ2) is 9.02. The first-order valence-electron chi connectivity index (χ1n) is 5.53. The van der Waals surface area contributed by atoms with Crippen molar-refractivity contribution in [2.75, 3.05) is 0 Å². The Morgan fingerprint density at radius 2 is 1.65 bits per heavy atom. The molecule has 4 nitrogen and oxygen atoms in total. The molecule has 0 radical (unpaired) electrons. The molecule has 0 rings (SSSR count). The number of unbranched alkanes of at least 4 members (excludes halogenated alkanes) is 3. The summed E-state index contributed by atoms with van der Waals surface area (Å²) in [6.45, 7) is 2.09. The van der Waals surface area contributed by atoms with Crippen LogP contribution in [0, 0.1) is 23.7 Å². The number of hydrogen-bond acceptors (Lipinski definition) is 2. The molecule has 0 amide bonds. The fourth-order valence-corrected chi connectivity index (χ4v) is 1.40. The van der Waals surface area contributed by atoms with E-state index in [9.17, 15) is 9.36 Å². The van der Waals surface area contributed by atoms with Gasteiger partial charge < -0.3 is 9.79 Å². The van der Waals surface area contributed by atoms with E-state index in [1.54, 1.807) is 0 Å². The minimum atomic E-state index is -4.55. The molecule has 0 aromatic heterocycles. The van der Waals surface area contributed by atoms with Gasteiger partial charge in [0.2, 0.25) is 5.52 Å². The first kappa shape index (κ1) is 15.9. The molecule has 0 atom stereocenters. The average molecular weight is 256 g/mol. The van der Waals surface area contributed by atoms with Crippen molar-refractivity contribution in [1.29, 1.82) is 0 Å². The Hall–Kier alpha value is -1.06. The third-order valence-electron chi connectivity index (χ3n) is 1.91. The van der Waals surface area contributed by atoms with Gasteiger partial charge in [0, 0.05) is 19.3 Å². The predicted molar refractivity (Wildman–Crippen MR) is 66.0 cm³/mol. The van der Waals surface area contributed by atoms with Crippen LogP contribution in [0.25, 0.3) is 0 Å². The quantitative estimate of drug-likeness (QED) is 0.433. The zero-order valence-electron chi connectivity index (χ0n) is 9.90. The highest BCUT2D eigenvalue weighted by Gasteiger charge is 2.23. The lowest BCUT2D eigenvalue weighted by atomic mass is 10.2. The van der Waals surface area contributed by atoms with E-state index in [0.717, 1.165) is 19.3 Å². The normalized spacial score (nSPS) is 9.82. The summed E-state index contributed by atoms with van der Waals surface area (Å²) >= 11 is 0.